The van der Waals surface area contributed by atoms with Crippen molar-refractivity contribution in [1.82, 2.24) is 14.4 Å². The Morgan fingerprint density at radius 1 is 0.941 bits per heavy atom. The summed E-state index contributed by atoms with van der Waals surface area (Å²) >= 11 is 0. The molecule has 7 nitrogen and oxygen atoms in total. The monoisotopic (exact) mass is 458 g/mol. The van der Waals surface area contributed by atoms with E-state index < -0.39 is 0 Å². The molecular weight excluding hydrogens is 428 g/mol. The van der Waals surface area contributed by atoms with Crippen molar-refractivity contribution in [3.8, 4) is 28.5 Å². The fourth-order valence-corrected chi connectivity index (χ4v) is 4.25. The van der Waals surface area contributed by atoms with E-state index in [1.165, 1.54) is 0 Å². The van der Waals surface area contributed by atoms with Crippen molar-refractivity contribution < 1.29 is 14.6 Å². The number of anilines is 2. The van der Waals surface area contributed by atoms with E-state index in [2.05, 4.69) is 51.8 Å². The van der Waals surface area contributed by atoms with Gasteiger partial charge >= 0.3 is 0 Å². The predicted octanol–water partition coefficient (Wildman–Crippen LogP) is 6.17. The van der Waals surface area contributed by atoms with E-state index in [9.17, 15) is 5.11 Å². The number of phenolic OH excluding ortho intramolecular Hbond substituents is 1. The largest absolute Gasteiger partial charge is 0.507 e. The summed E-state index contributed by atoms with van der Waals surface area (Å²) in [5, 5.41) is 14.7. The first kappa shape index (κ1) is 22.1. The smallest absolute Gasteiger partial charge is 0.231 e. The van der Waals surface area contributed by atoms with Gasteiger partial charge in [0, 0.05) is 40.8 Å². The van der Waals surface area contributed by atoms with Gasteiger partial charge in [0.15, 0.2) is 17.1 Å². The summed E-state index contributed by atoms with van der Waals surface area (Å²) in [6.45, 7) is 12.9. The van der Waals surface area contributed by atoms with Crippen LogP contribution >= 0.6 is 0 Å². The molecule has 5 rings (SSSR count). The number of hydrogen-bond donors (Lipinski definition) is 2. The van der Waals surface area contributed by atoms with Crippen molar-refractivity contribution in [3.05, 3.63) is 60.0 Å². The van der Waals surface area contributed by atoms with Gasteiger partial charge in [0.2, 0.25) is 6.79 Å². The van der Waals surface area contributed by atoms with E-state index in [0.29, 0.717) is 11.5 Å². The quantitative estimate of drug-likeness (QED) is 0.382. The Balaban J connectivity index is 1.72. The number of benzene rings is 2. The van der Waals surface area contributed by atoms with Gasteiger partial charge in [-0.05, 0) is 35.1 Å². The summed E-state index contributed by atoms with van der Waals surface area (Å²) in [5.74, 6) is 2.59. The number of aromatic hydroxyl groups is 1. The molecule has 176 valence electrons. The lowest BCUT2D eigenvalue weighted by Gasteiger charge is -2.28. The Labute approximate surface area is 199 Å². The minimum Gasteiger partial charge on any atom is -0.507 e. The van der Waals surface area contributed by atoms with Crippen LogP contribution in [0.5, 0.6) is 17.2 Å². The zero-order valence-corrected chi connectivity index (χ0v) is 20.4. The SMILES string of the molecule is CC(C)(C)c1cc(-c2nc3cnccn3c2Nc2ccc3c(c2)OCO3)cc(C(C)(C)C)c1O. The Morgan fingerprint density at radius 2 is 1.62 bits per heavy atom. The van der Waals surface area contributed by atoms with Crippen LogP contribution in [0.3, 0.4) is 0 Å². The summed E-state index contributed by atoms with van der Waals surface area (Å²) in [6, 6.07) is 9.86. The minimum atomic E-state index is -0.244. The molecule has 0 unspecified atom stereocenters. The third kappa shape index (κ3) is 3.81. The van der Waals surface area contributed by atoms with Crippen LogP contribution in [0.15, 0.2) is 48.9 Å². The first-order valence-electron chi connectivity index (χ1n) is 11.4. The topological polar surface area (TPSA) is 80.9 Å². The lowest BCUT2D eigenvalue weighted by molar-refractivity contribution is 0.174. The van der Waals surface area contributed by atoms with Gasteiger partial charge in [-0.3, -0.25) is 9.38 Å². The fraction of sp³-hybridized carbons (Fsp3) is 0.333. The van der Waals surface area contributed by atoms with Crippen LogP contribution in [-0.2, 0) is 10.8 Å². The standard InChI is InChI=1S/C27H30N4O3/c1-26(2,3)18-11-16(12-19(24(18)32)27(4,5)6)23-25(31-10-9-28-14-22(31)30-23)29-17-7-8-20-21(13-17)34-15-33-20/h7-14,29,32H,15H2,1-6H3. The average Bonchev–Trinajstić information content (AvgIpc) is 3.37. The Kier molecular flexibility index (Phi) is 4.97. The average molecular weight is 459 g/mol. The van der Waals surface area contributed by atoms with Gasteiger partial charge in [-0.1, -0.05) is 41.5 Å². The maximum Gasteiger partial charge on any atom is 0.231 e. The molecule has 1 aliphatic heterocycles. The van der Waals surface area contributed by atoms with Crippen LogP contribution in [0, 0.1) is 0 Å². The van der Waals surface area contributed by atoms with Gasteiger partial charge in [0.05, 0.1) is 6.20 Å². The van der Waals surface area contributed by atoms with Crippen molar-refractivity contribution in [2.24, 2.45) is 0 Å². The molecule has 34 heavy (non-hydrogen) atoms. The van der Waals surface area contributed by atoms with Gasteiger partial charge in [0.25, 0.3) is 0 Å². The molecule has 0 spiro atoms. The highest BCUT2D eigenvalue weighted by Crippen LogP contribution is 2.44. The summed E-state index contributed by atoms with van der Waals surface area (Å²) in [4.78, 5) is 9.18. The maximum atomic E-state index is 11.2. The first-order valence-corrected chi connectivity index (χ1v) is 11.4. The number of rotatable bonds is 3. The Morgan fingerprint density at radius 3 is 2.29 bits per heavy atom. The molecule has 2 N–H and O–H groups in total. The molecule has 3 heterocycles. The number of phenols is 1. The second kappa shape index (κ2) is 7.65. The van der Waals surface area contributed by atoms with Crippen LogP contribution < -0.4 is 14.8 Å². The third-order valence-corrected chi connectivity index (χ3v) is 6.06. The minimum absolute atomic E-state index is 0.226. The fourth-order valence-electron chi connectivity index (χ4n) is 4.25. The van der Waals surface area contributed by atoms with Gasteiger partial charge in [0.1, 0.15) is 17.3 Å². The highest BCUT2D eigenvalue weighted by atomic mass is 16.7. The molecule has 0 saturated carbocycles. The molecule has 0 radical (unpaired) electrons. The van der Waals surface area contributed by atoms with Crippen LogP contribution in [0.2, 0.25) is 0 Å². The molecule has 0 bridgehead atoms. The highest BCUT2D eigenvalue weighted by molar-refractivity contribution is 5.81. The van der Waals surface area contributed by atoms with E-state index in [1.807, 2.05) is 40.9 Å². The zero-order chi connectivity index (χ0) is 24.3. The summed E-state index contributed by atoms with van der Waals surface area (Å²) in [5.41, 5.74) is 4.58. The number of fused-ring (bicyclic) bond motifs is 2. The molecule has 2 aromatic carbocycles. The normalized spacial score (nSPS) is 13.5. The second-order valence-corrected chi connectivity index (χ2v) is 10.7. The van der Waals surface area contributed by atoms with Crippen LogP contribution in [0.4, 0.5) is 11.5 Å². The van der Waals surface area contributed by atoms with Gasteiger partial charge in [-0.15, -0.1) is 0 Å². The molecule has 1 aliphatic rings. The highest BCUT2D eigenvalue weighted by Gasteiger charge is 2.28. The van der Waals surface area contributed by atoms with E-state index in [-0.39, 0.29) is 17.6 Å². The number of hydrogen-bond acceptors (Lipinski definition) is 6. The van der Waals surface area contributed by atoms with E-state index in [0.717, 1.165) is 45.3 Å². The molecular formula is C27H30N4O3. The molecule has 0 aliphatic carbocycles. The third-order valence-electron chi connectivity index (χ3n) is 6.06. The van der Waals surface area contributed by atoms with Gasteiger partial charge in [-0.25, -0.2) is 4.98 Å². The lowest BCUT2D eigenvalue weighted by Crippen LogP contribution is -2.17. The van der Waals surface area contributed by atoms with Crippen LogP contribution in [-0.4, -0.2) is 26.3 Å². The molecule has 0 atom stereocenters. The van der Waals surface area contributed by atoms with Gasteiger partial charge < -0.3 is 19.9 Å². The molecule has 0 saturated heterocycles. The lowest BCUT2D eigenvalue weighted by atomic mass is 9.78. The van der Waals surface area contributed by atoms with E-state index >= 15 is 0 Å². The van der Waals surface area contributed by atoms with E-state index in [1.54, 1.807) is 12.4 Å². The number of imidazole rings is 1. The van der Waals surface area contributed by atoms with Crippen LogP contribution in [0.25, 0.3) is 16.9 Å². The van der Waals surface area contributed by atoms with Crippen molar-refractivity contribution in [1.29, 1.82) is 0 Å². The molecule has 0 amide bonds. The summed E-state index contributed by atoms with van der Waals surface area (Å²) in [7, 11) is 0. The number of nitrogens with one attached hydrogen (secondary N) is 1. The number of nitrogens with zero attached hydrogens (tertiary/aromatic N) is 3. The van der Waals surface area contributed by atoms with Crippen molar-refractivity contribution in [2.75, 3.05) is 12.1 Å². The zero-order valence-electron chi connectivity index (χ0n) is 20.4. The predicted molar refractivity (Wildman–Crippen MR) is 133 cm³/mol. The molecule has 7 heteroatoms. The number of ether oxygens (including phenoxy) is 2. The first-order chi connectivity index (χ1) is 16.0. The number of aromatic nitrogens is 3. The second-order valence-electron chi connectivity index (χ2n) is 10.7. The molecule has 4 aromatic rings. The molecule has 2 aromatic heterocycles. The Hall–Kier alpha value is -3.74. The van der Waals surface area contributed by atoms with Crippen molar-refractivity contribution in [3.63, 3.8) is 0 Å². The van der Waals surface area contributed by atoms with Gasteiger partial charge in [-0.2, -0.15) is 0 Å². The Bertz CT molecular complexity index is 1360. The van der Waals surface area contributed by atoms with Crippen molar-refractivity contribution in [2.45, 2.75) is 52.4 Å². The van der Waals surface area contributed by atoms with Crippen LogP contribution in [0.1, 0.15) is 52.7 Å². The van der Waals surface area contributed by atoms with E-state index in [4.69, 9.17) is 14.5 Å². The van der Waals surface area contributed by atoms with Crippen molar-refractivity contribution >= 4 is 17.2 Å². The maximum absolute atomic E-state index is 11.2. The summed E-state index contributed by atoms with van der Waals surface area (Å²) in [6.07, 6.45) is 5.36. The summed E-state index contributed by atoms with van der Waals surface area (Å²) < 4.78 is 13.0. The molecule has 0 fully saturated rings.